The molecule has 0 bridgehead atoms. The summed E-state index contributed by atoms with van der Waals surface area (Å²) in [5, 5.41) is 0.137. The number of carbonyl (C=O) groups is 1. The quantitative estimate of drug-likeness (QED) is 0.764. The molecule has 0 unspecified atom stereocenters. The molecule has 0 aliphatic carbocycles. The molecule has 1 rings (SSSR count). The lowest BCUT2D eigenvalue weighted by molar-refractivity contribution is 0.108. The first-order chi connectivity index (χ1) is 7.67. The van der Waals surface area contributed by atoms with E-state index in [9.17, 15) is 4.79 Å². The Morgan fingerprint density at radius 3 is 1.75 bits per heavy atom. The predicted molar refractivity (Wildman–Crippen MR) is 79.6 cm³/mol. The normalized spacial score (nSPS) is 10.5. The van der Waals surface area contributed by atoms with Crippen LogP contribution in [0.25, 0.3) is 0 Å². The zero-order valence-corrected chi connectivity index (χ0v) is 13.0. The average Bonchev–Trinajstić information content (AvgIpc) is 2.35. The molecule has 0 saturated carbocycles. The highest BCUT2D eigenvalue weighted by atomic mass is 32.2. The Kier molecular flexibility index (Phi) is 6.18. The van der Waals surface area contributed by atoms with Crippen LogP contribution in [-0.2, 0) is 0 Å². The van der Waals surface area contributed by atoms with Crippen molar-refractivity contribution in [3.63, 3.8) is 0 Å². The van der Waals surface area contributed by atoms with Crippen molar-refractivity contribution >= 4 is 52.2 Å². The molecule has 0 heterocycles. The number of hydrogen-bond donors (Lipinski definition) is 0. The van der Waals surface area contributed by atoms with Crippen molar-refractivity contribution in [2.75, 3.05) is 25.0 Å². The van der Waals surface area contributed by atoms with Gasteiger partial charge >= 0.3 is 0 Å². The molecule has 0 N–H and O–H groups in total. The van der Waals surface area contributed by atoms with Crippen molar-refractivity contribution < 1.29 is 4.79 Å². The van der Waals surface area contributed by atoms with Crippen LogP contribution in [-0.4, -0.2) is 30.1 Å². The van der Waals surface area contributed by atoms with E-state index in [1.165, 1.54) is 26.4 Å². The zero-order valence-electron chi connectivity index (χ0n) is 9.70. The number of hydrogen-bond acceptors (Lipinski definition) is 5. The fourth-order valence-corrected chi connectivity index (χ4v) is 4.34. The van der Waals surface area contributed by atoms with Crippen LogP contribution in [0, 0.1) is 0 Å². The minimum absolute atomic E-state index is 0.137. The van der Waals surface area contributed by atoms with Crippen LogP contribution in [0.15, 0.2) is 26.8 Å². The Balaban J connectivity index is 3.31. The second-order valence-corrected chi connectivity index (χ2v) is 6.20. The van der Waals surface area contributed by atoms with Gasteiger partial charge in [0.05, 0.1) is 0 Å². The monoisotopic (exact) mass is 290 g/mol. The largest absolute Gasteiger partial charge is 0.282 e. The molecular weight excluding hydrogens is 276 g/mol. The summed E-state index contributed by atoms with van der Waals surface area (Å²) in [6, 6.07) is 3.99. The van der Waals surface area contributed by atoms with Gasteiger partial charge in [0.25, 0.3) is 0 Å². The van der Waals surface area contributed by atoms with E-state index in [1.54, 1.807) is 35.3 Å². The molecule has 0 aliphatic rings. The Labute approximate surface area is 114 Å². The lowest BCUT2D eigenvalue weighted by Crippen LogP contribution is -1.95. The molecule has 0 aromatic heterocycles. The van der Waals surface area contributed by atoms with Crippen LogP contribution >= 0.6 is 47.0 Å². The lowest BCUT2D eigenvalue weighted by Gasteiger charge is -2.11. The summed E-state index contributed by atoms with van der Waals surface area (Å²) >= 11 is 6.40. The molecule has 1 aromatic carbocycles. The maximum atomic E-state index is 11.7. The SMILES string of the molecule is CSC(=O)c1cc(SC)c(SC)c(SC)c1. The summed E-state index contributed by atoms with van der Waals surface area (Å²) in [4.78, 5) is 15.3. The van der Waals surface area contributed by atoms with Gasteiger partial charge in [-0.3, -0.25) is 4.79 Å². The number of benzene rings is 1. The third-order valence-corrected chi connectivity index (χ3v) is 5.32. The lowest BCUT2D eigenvalue weighted by atomic mass is 10.2. The molecule has 16 heavy (non-hydrogen) atoms. The van der Waals surface area contributed by atoms with Gasteiger partial charge in [-0.05, 0) is 37.2 Å². The van der Waals surface area contributed by atoms with Crippen molar-refractivity contribution in [3.8, 4) is 0 Å². The Morgan fingerprint density at radius 2 is 1.44 bits per heavy atom. The molecule has 1 aromatic rings. The molecule has 0 aliphatic heterocycles. The maximum Gasteiger partial charge on any atom is 0.219 e. The minimum atomic E-state index is 0.137. The highest BCUT2D eigenvalue weighted by Gasteiger charge is 2.13. The van der Waals surface area contributed by atoms with Gasteiger partial charge < -0.3 is 0 Å². The summed E-state index contributed by atoms with van der Waals surface area (Å²) in [5.41, 5.74) is 0.805. The summed E-state index contributed by atoms with van der Waals surface area (Å²) < 4.78 is 0. The smallest absolute Gasteiger partial charge is 0.219 e. The van der Waals surface area contributed by atoms with E-state index in [1.807, 2.05) is 30.9 Å². The summed E-state index contributed by atoms with van der Waals surface area (Å²) in [6.45, 7) is 0. The Bertz CT molecular complexity index is 365. The van der Waals surface area contributed by atoms with E-state index < -0.39 is 0 Å². The highest BCUT2D eigenvalue weighted by Crippen LogP contribution is 2.37. The van der Waals surface area contributed by atoms with E-state index in [0.717, 1.165) is 5.56 Å². The summed E-state index contributed by atoms with van der Waals surface area (Å²) in [5.74, 6) is 0. The van der Waals surface area contributed by atoms with E-state index in [4.69, 9.17) is 0 Å². The number of carbonyl (C=O) groups excluding carboxylic acids is 1. The van der Waals surface area contributed by atoms with E-state index in [-0.39, 0.29) is 5.12 Å². The highest BCUT2D eigenvalue weighted by molar-refractivity contribution is 8.13. The van der Waals surface area contributed by atoms with Crippen LogP contribution < -0.4 is 0 Å². The topological polar surface area (TPSA) is 17.1 Å². The molecular formula is C11H14OS4. The molecule has 0 saturated heterocycles. The number of rotatable bonds is 4. The fraction of sp³-hybridized carbons (Fsp3) is 0.364. The fourth-order valence-electron chi connectivity index (χ4n) is 1.32. The van der Waals surface area contributed by atoms with Crippen LogP contribution in [0.3, 0.4) is 0 Å². The minimum Gasteiger partial charge on any atom is -0.282 e. The first-order valence-corrected chi connectivity index (χ1v) is 9.46. The Hall–Kier alpha value is 0.290. The third-order valence-electron chi connectivity index (χ3n) is 2.09. The van der Waals surface area contributed by atoms with Gasteiger partial charge in [0, 0.05) is 20.2 Å². The van der Waals surface area contributed by atoms with Crippen molar-refractivity contribution in [1.82, 2.24) is 0 Å². The van der Waals surface area contributed by atoms with Gasteiger partial charge in [-0.2, -0.15) is 0 Å². The van der Waals surface area contributed by atoms with Crippen LogP contribution in [0.4, 0.5) is 0 Å². The van der Waals surface area contributed by atoms with E-state index >= 15 is 0 Å². The van der Waals surface area contributed by atoms with E-state index in [2.05, 4.69) is 6.26 Å². The second-order valence-electron chi connectivity index (χ2n) is 2.91. The zero-order chi connectivity index (χ0) is 12.1. The molecule has 0 amide bonds. The van der Waals surface area contributed by atoms with Gasteiger partial charge in [-0.25, -0.2) is 0 Å². The molecule has 5 heteroatoms. The van der Waals surface area contributed by atoms with Crippen molar-refractivity contribution in [3.05, 3.63) is 17.7 Å². The van der Waals surface area contributed by atoms with Crippen LogP contribution in [0.5, 0.6) is 0 Å². The predicted octanol–water partition coefficient (Wildman–Crippen LogP) is 4.36. The molecule has 0 atom stereocenters. The van der Waals surface area contributed by atoms with Crippen molar-refractivity contribution in [2.24, 2.45) is 0 Å². The molecule has 1 nitrogen and oxygen atoms in total. The molecule has 0 spiro atoms. The van der Waals surface area contributed by atoms with Gasteiger partial charge in [0.1, 0.15) is 0 Å². The summed E-state index contributed by atoms with van der Waals surface area (Å²) in [7, 11) is 0. The standard InChI is InChI=1S/C11H14OS4/c1-13-8-5-7(11(12)16-4)6-9(14-2)10(8)15-3/h5-6H,1-4H3. The average molecular weight is 290 g/mol. The van der Waals surface area contributed by atoms with Crippen molar-refractivity contribution in [1.29, 1.82) is 0 Å². The van der Waals surface area contributed by atoms with Crippen LogP contribution in [0.1, 0.15) is 10.4 Å². The molecule has 0 fully saturated rings. The van der Waals surface area contributed by atoms with Crippen molar-refractivity contribution in [2.45, 2.75) is 14.7 Å². The van der Waals surface area contributed by atoms with Gasteiger partial charge in [-0.15, -0.1) is 35.3 Å². The van der Waals surface area contributed by atoms with Crippen LogP contribution in [0.2, 0.25) is 0 Å². The van der Waals surface area contributed by atoms with Gasteiger partial charge in [0.15, 0.2) is 0 Å². The first kappa shape index (κ1) is 14.4. The van der Waals surface area contributed by atoms with E-state index in [0.29, 0.717) is 0 Å². The summed E-state index contributed by atoms with van der Waals surface area (Å²) in [6.07, 6.45) is 7.99. The Morgan fingerprint density at radius 1 is 0.938 bits per heavy atom. The van der Waals surface area contributed by atoms with Gasteiger partial charge in [0.2, 0.25) is 5.12 Å². The molecule has 88 valence electrons. The maximum absolute atomic E-state index is 11.7. The third kappa shape index (κ3) is 3.15. The van der Waals surface area contributed by atoms with Gasteiger partial charge in [-0.1, -0.05) is 11.8 Å². The molecule has 0 radical (unpaired) electrons. The number of thioether (sulfide) groups is 4. The first-order valence-electron chi connectivity index (χ1n) is 4.56. The second kappa shape index (κ2) is 6.89.